The van der Waals surface area contributed by atoms with E-state index in [-0.39, 0.29) is 17.8 Å². The summed E-state index contributed by atoms with van der Waals surface area (Å²) >= 11 is 0. The second kappa shape index (κ2) is 7.92. The molecule has 0 saturated carbocycles. The molecule has 0 N–H and O–H groups in total. The molecule has 6 nitrogen and oxygen atoms in total. The molecule has 4 rings (SSSR count). The number of ether oxygens (including phenoxy) is 2. The van der Waals surface area contributed by atoms with E-state index in [4.69, 9.17) is 9.47 Å². The Kier molecular flexibility index (Phi) is 5.20. The molecule has 1 amide bonds. The van der Waals surface area contributed by atoms with Gasteiger partial charge in [-0.3, -0.25) is 4.79 Å². The van der Waals surface area contributed by atoms with Crippen LogP contribution in [-0.2, 0) is 4.74 Å². The molecule has 1 aromatic heterocycles. The number of benzene rings is 1. The number of pyridine rings is 1. The lowest BCUT2D eigenvalue weighted by Crippen LogP contribution is -2.48. The van der Waals surface area contributed by atoms with Gasteiger partial charge in [-0.1, -0.05) is 0 Å². The van der Waals surface area contributed by atoms with Gasteiger partial charge in [0.2, 0.25) is 5.88 Å². The molecular weight excluding hydrogens is 349 g/mol. The Labute approximate surface area is 157 Å². The van der Waals surface area contributed by atoms with Gasteiger partial charge < -0.3 is 19.3 Å². The van der Waals surface area contributed by atoms with Crippen molar-refractivity contribution in [2.75, 3.05) is 44.3 Å². The molecule has 0 radical (unpaired) electrons. The number of hydrogen-bond donors (Lipinski definition) is 0. The number of piperazine rings is 1. The molecular formula is C20H22FN3O3. The lowest BCUT2D eigenvalue weighted by Gasteiger charge is -2.36. The highest BCUT2D eigenvalue weighted by Gasteiger charge is 2.23. The maximum absolute atomic E-state index is 13.1. The first-order valence-corrected chi connectivity index (χ1v) is 9.19. The van der Waals surface area contributed by atoms with Crippen molar-refractivity contribution in [1.82, 2.24) is 9.88 Å². The number of aromatic nitrogens is 1. The highest BCUT2D eigenvalue weighted by Crippen LogP contribution is 2.19. The second-order valence-electron chi connectivity index (χ2n) is 6.74. The van der Waals surface area contributed by atoms with Crippen molar-refractivity contribution >= 4 is 11.6 Å². The van der Waals surface area contributed by atoms with E-state index in [2.05, 4.69) is 9.88 Å². The van der Waals surface area contributed by atoms with E-state index in [1.165, 1.54) is 12.1 Å². The first-order chi connectivity index (χ1) is 13.2. The molecule has 142 valence electrons. The molecule has 2 aromatic rings. The fourth-order valence-corrected chi connectivity index (χ4v) is 3.36. The van der Waals surface area contributed by atoms with Gasteiger partial charge in [0, 0.05) is 50.6 Å². The Morgan fingerprint density at radius 2 is 1.89 bits per heavy atom. The highest BCUT2D eigenvalue weighted by atomic mass is 19.1. The SMILES string of the molecule is O=C(c1ccc(OC2CCOC2)nc1)N1CCN(c2ccc(F)cc2)CC1. The summed E-state index contributed by atoms with van der Waals surface area (Å²) in [7, 11) is 0. The van der Waals surface area contributed by atoms with Crippen molar-refractivity contribution in [1.29, 1.82) is 0 Å². The molecule has 3 heterocycles. The van der Waals surface area contributed by atoms with Crippen molar-refractivity contribution in [2.45, 2.75) is 12.5 Å². The van der Waals surface area contributed by atoms with E-state index >= 15 is 0 Å². The molecule has 7 heteroatoms. The zero-order chi connectivity index (χ0) is 18.6. The lowest BCUT2D eigenvalue weighted by atomic mass is 10.2. The number of anilines is 1. The first kappa shape index (κ1) is 17.7. The number of nitrogens with zero attached hydrogens (tertiary/aromatic N) is 3. The van der Waals surface area contributed by atoms with Crippen LogP contribution in [-0.4, -0.2) is 61.3 Å². The average Bonchev–Trinajstić information content (AvgIpc) is 3.22. The molecule has 27 heavy (non-hydrogen) atoms. The van der Waals surface area contributed by atoms with Crippen LogP contribution >= 0.6 is 0 Å². The van der Waals surface area contributed by atoms with E-state index in [0.717, 1.165) is 12.1 Å². The number of hydrogen-bond acceptors (Lipinski definition) is 5. The molecule has 2 aliphatic heterocycles. The minimum Gasteiger partial charge on any atom is -0.472 e. The Bertz CT molecular complexity index is 768. The van der Waals surface area contributed by atoms with E-state index in [0.29, 0.717) is 50.8 Å². The summed E-state index contributed by atoms with van der Waals surface area (Å²) in [4.78, 5) is 20.9. The van der Waals surface area contributed by atoms with Gasteiger partial charge in [0.15, 0.2) is 0 Å². The quantitative estimate of drug-likeness (QED) is 0.826. The van der Waals surface area contributed by atoms with Crippen molar-refractivity contribution in [3.05, 3.63) is 54.0 Å². The lowest BCUT2D eigenvalue weighted by molar-refractivity contribution is 0.0746. The van der Waals surface area contributed by atoms with Crippen LogP contribution in [0.5, 0.6) is 5.88 Å². The van der Waals surface area contributed by atoms with Crippen molar-refractivity contribution < 1.29 is 18.7 Å². The van der Waals surface area contributed by atoms with E-state index in [9.17, 15) is 9.18 Å². The Hall–Kier alpha value is -2.67. The minimum atomic E-state index is -0.243. The normalized spacial score (nSPS) is 20.0. The van der Waals surface area contributed by atoms with Crippen LogP contribution in [0.1, 0.15) is 16.8 Å². The van der Waals surface area contributed by atoms with Gasteiger partial charge in [-0.25, -0.2) is 9.37 Å². The third-order valence-electron chi connectivity index (χ3n) is 4.92. The third kappa shape index (κ3) is 4.19. The minimum absolute atomic E-state index is 0.0306. The fraction of sp³-hybridized carbons (Fsp3) is 0.400. The number of rotatable bonds is 4. The van der Waals surface area contributed by atoms with Gasteiger partial charge in [-0.2, -0.15) is 0 Å². The van der Waals surface area contributed by atoms with Crippen LogP contribution in [0.25, 0.3) is 0 Å². The van der Waals surface area contributed by atoms with Crippen molar-refractivity contribution in [3.8, 4) is 5.88 Å². The summed E-state index contributed by atoms with van der Waals surface area (Å²) in [6.45, 7) is 3.97. The number of amides is 1. The predicted molar refractivity (Wildman–Crippen MR) is 98.6 cm³/mol. The van der Waals surface area contributed by atoms with Crippen LogP contribution in [0.15, 0.2) is 42.6 Å². The summed E-state index contributed by atoms with van der Waals surface area (Å²) in [6.07, 6.45) is 2.47. The summed E-state index contributed by atoms with van der Waals surface area (Å²) in [5.74, 6) is 0.244. The standard InChI is InChI=1S/C20H22FN3O3/c21-16-2-4-17(5-3-16)23-8-10-24(11-9-23)20(25)15-1-6-19(22-13-15)27-18-7-12-26-14-18/h1-6,13,18H,7-12,14H2. The van der Waals surface area contributed by atoms with Gasteiger partial charge in [0.05, 0.1) is 18.8 Å². The van der Waals surface area contributed by atoms with Gasteiger partial charge in [-0.05, 0) is 30.3 Å². The predicted octanol–water partition coefficient (Wildman–Crippen LogP) is 2.35. The van der Waals surface area contributed by atoms with E-state index < -0.39 is 0 Å². The summed E-state index contributed by atoms with van der Waals surface area (Å²) in [5.41, 5.74) is 1.53. The first-order valence-electron chi connectivity index (χ1n) is 9.19. The van der Waals surface area contributed by atoms with Crippen molar-refractivity contribution in [3.63, 3.8) is 0 Å². The highest BCUT2D eigenvalue weighted by molar-refractivity contribution is 5.94. The Morgan fingerprint density at radius 3 is 2.52 bits per heavy atom. The zero-order valence-electron chi connectivity index (χ0n) is 15.0. The topological polar surface area (TPSA) is 54.9 Å². The maximum Gasteiger partial charge on any atom is 0.255 e. The molecule has 2 saturated heterocycles. The van der Waals surface area contributed by atoms with E-state index in [1.54, 1.807) is 30.5 Å². The maximum atomic E-state index is 13.1. The molecule has 1 atom stereocenters. The van der Waals surface area contributed by atoms with Crippen LogP contribution in [0.4, 0.5) is 10.1 Å². The molecule has 1 aromatic carbocycles. The van der Waals surface area contributed by atoms with Crippen LogP contribution in [0.2, 0.25) is 0 Å². The number of carbonyl (C=O) groups excluding carboxylic acids is 1. The second-order valence-corrected chi connectivity index (χ2v) is 6.74. The summed E-state index contributed by atoms with van der Waals surface area (Å²) < 4.78 is 24.1. The third-order valence-corrected chi connectivity index (χ3v) is 4.92. The smallest absolute Gasteiger partial charge is 0.255 e. The van der Waals surface area contributed by atoms with Crippen LogP contribution in [0.3, 0.4) is 0 Å². The molecule has 0 spiro atoms. The summed E-state index contributed by atoms with van der Waals surface area (Å²) in [6, 6.07) is 9.95. The van der Waals surface area contributed by atoms with Crippen molar-refractivity contribution in [2.24, 2.45) is 0 Å². The van der Waals surface area contributed by atoms with Gasteiger partial charge in [-0.15, -0.1) is 0 Å². The van der Waals surface area contributed by atoms with Gasteiger partial charge in [0.1, 0.15) is 11.9 Å². The molecule has 0 aliphatic carbocycles. The molecule has 2 aliphatic rings. The number of halogens is 1. The average molecular weight is 371 g/mol. The molecule has 2 fully saturated rings. The van der Waals surface area contributed by atoms with Gasteiger partial charge >= 0.3 is 0 Å². The monoisotopic (exact) mass is 371 g/mol. The largest absolute Gasteiger partial charge is 0.472 e. The summed E-state index contributed by atoms with van der Waals surface area (Å²) in [5, 5.41) is 0. The molecule has 1 unspecified atom stereocenters. The Balaban J connectivity index is 1.32. The van der Waals surface area contributed by atoms with Crippen LogP contribution in [0, 0.1) is 5.82 Å². The Morgan fingerprint density at radius 1 is 1.11 bits per heavy atom. The van der Waals surface area contributed by atoms with Crippen LogP contribution < -0.4 is 9.64 Å². The fourth-order valence-electron chi connectivity index (χ4n) is 3.36. The molecule has 0 bridgehead atoms. The number of carbonyl (C=O) groups is 1. The zero-order valence-corrected chi connectivity index (χ0v) is 15.0. The van der Waals surface area contributed by atoms with E-state index in [1.807, 2.05) is 4.90 Å². The van der Waals surface area contributed by atoms with Gasteiger partial charge in [0.25, 0.3) is 5.91 Å².